The van der Waals surface area contributed by atoms with Crippen molar-refractivity contribution in [3.8, 4) is 5.69 Å². The average molecular weight is 281 g/mol. The van der Waals surface area contributed by atoms with Gasteiger partial charge in [0, 0.05) is 5.69 Å². The first-order valence-electron chi connectivity index (χ1n) is 6.37. The van der Waals surface area contributed by atoms with Crippen LogP contribution >= 0.6 is 11.6 Å². The number of nitrogens with zero attached hydrogens (tertiary/aromatic N) is 2. The first-order valence-corrected chi connectivity index (χ1v) is 6.75. The average Bonchev–Trinajstić information content (AvgIpc) is 2.49. The van der Waals surface area contributed by atoms with Crippen LogP contribution in [-0.4, -0.2) is 4.57 Å². The molecule has 0 aliphatic rings. The van der Waals surface area contributed by atoms with Gasteiger partial charge in [-0.1, -0.05) is 54.1 Å². The van der Waals surface area contributed by atoms with Crippen molar-refractivity contribution < 1.29 is 0 Å². The fourth-order valence-corrected chi connectivity index (χ4v) is 2.28. The lowest BCUT2D eigenvalue weighted by molar-refractivity contribution is 0.952. The third-order valence-corrected chi connectivity index (χ3v) is 3.23. The maximum absolute atomic E-state index is 6.33. The summed E-state index contributed by atoms with van der Waals surface area (Å²) in [6.45, 7) is 0. The summed E-state index contributed by atoms with van der Waals surface area (Å²) in [6.07, 6.45) is 0. The minimum Gasteiger partial charge on any atom is -0.285 e. The summed E-state index contributed by atoms with van der Waals surface area (Å²) in [5.41, 5.74) is 2.70. The highest BCUT2D eigenvalue weighted by molar-refractivity contribution is 6.29. The van der Waals surface area contributed by atoms with E-state index in [1.165, 1.54) is 0 Å². The summed E-state index contributed by atoms with van der Waals surface area (Å²) in [7, 11) is 0. The highest BCUT2D eigenvalue weighted by Crippen LogP contribution is 2.14. The van der Waals surface area contributed by atoms with Gasteiger partial charge in [-0.3, -0.25) is 4.57 Å². The van der Waals surface area contributed by atoms with Crippen molar-refractivity contribution in [3.63, 3.8) is 0 Å². The maximum Gasteiger partial charge on any atom is 0.138 e. The Bertz CT molecular complexity index is 762. The molecule has 0 N–H and O–H groups in total. The Hall–Kier alpha value is -2.32. The summed E-state index contributed by atoms with van der Waals surface area (Å²) >= 11 is 6.33. The first kappa shape index (κ1) is 12.7. The van der Waals surface area contributed by atoms with Crippen LogP contribution in [0.4, 0.5) is 5.69 Å². The van der Waals surface area contributed by atoms with E-state index in [9.17, 15) is 0 Å². The Kier molecular flexibility index (Phi) is 3.66. The summed E-state index contributed by atoms with van der Waals surface area (Å²) in [4.78, 5) is 4.66. The van der Waals surface area contributed by atoms with Crippen LogP contribution in [0.1, 0.15) is 0 Å². The molecule has 0 fully saturated rings. The Morgan fingerprint density at radius 1 is 0.700 bits per heavy atom. The van der Waals surface area contributed by atoms with Crippen molar-refractivity contribution in [1.82, 2.24) is 4.57 Å². The third-order valence-electron chi connectivity index (χ3n) is 2.94. The van der Waals surface area contributed by atoms with Crippen LogP contribution in [0.2, 0.25) is 5.15 Å². The van der Waals surface area contributed by atoms with E-state index >= 15 is 0 Å². The van der Waals surface area contributed by atoms with Gasteiger partial charge in [0.25, 0.3) is 0 Å². The molecule has 3 aromatic rings. The molecule has 0 aliphatic heterocycles. The van der Waals surface area contributed by atoms with Gasteiger partial charge >= 0.3 is 0 Å². The molecule has 1 aromatic heterocycles. The molecule has 0 spiro atoms. The van der Waals surface area contributed by atoms with Crippen molar-refractivity contribution in [2.24, 2.45) is 4.99 Å². The monoisotopic (exact) mass is 280 g/mol. The maximum atomic E-state index is 6.33. The lowest BCUT2D eigenvalue weighted by Gasteiger charge is -2.09. The molecule has 0 amide bonds. The SMILES string of the molecule is Clc1cccc(=Nc2ccccc2)n1-c1ccccc1. The molecular weight excluding hydrogens is 268 g/mol. The fourth-order valence-electron chi connectivity index (χ4n) is 2.03. The zero-order valence-corrected chi connectivity index (χ0v) is 11.5. The molecule has 3 rings (SSSR count). The van der Waals surface area contributed by atoms with E-state index in [4.69, 9.17) is 11.6 Å². The number of halogens is 1. The van der Waals surface area contributed by atoms with Crippen molar-refractivity contribution in [1.29, 1.82) is 0 Å². The van der Waals surface area contributed by atoms with Gasteiger partial charge in [0.2, 0.25) is 0 Å². The van der Waals surface area contributed by atoms with E-state index in [-0.39, 0.29) is 0 Å². The minimum atomic E-state index is 0.633. The smallest absolute Gasteiger partial charge is 0.138 e. The molecule has 0 atom stereocenters. The topological polar surface area (TPSA) is 17.3 Å². The Balaban J connectivity index is 2.23. The van der Waals surface area contributed by atoms with Gasteiger partial charge in [0.05, 0.1) is 5.69 Å². The van der Waals surface area contributed by atoms with Crippen molar-refractivity contribution in [3.05, 3.63) is 89.5 Å². The third kappa shape index (κ3) is 2.65. The van der Waals surface area contributed by atoms with Crippen molar-refractivity contribution in [2.75, 3.05) is 0 Å². The van der Waals surface area contributed by atoms with E-state index < -0.39 is 0 Å². The number of hydrogen-bond donors (Lipinski definition) is 0. The van der Waals surface area contributed by atoms with Crippen LogP contribution in [0.15, 0.2) is 83.9 Å². The van der Waals surface area contributed by atoms with Crippen LogP contribution in [0, 0.1) is 0 Å². The Labute approximate surface area is 122 Å². The molecule has 2 aromatic carbocycles. The van der Waals surface area contributed by atoms with Gasteiger partial charge in [-0.25, -0.2) is 4.99 Å². The largest absolute Gasteiger partial charge is 0.285 e. The summed E-state index contributed by atoms with van der Waals surface area (Å²) in [6, 6.07) is 25.5. The zero-order valence-electron chi connectivity index (χ0n) is 10.8. The molecule has 0 aliphatic carbocycles. The lowest BCUT2D eigenvalue weighted by atomic mass is 10.3. The number of pyridine rings is 1. The summed E-state index contributed by atoms with van der Waals surface area (Å²) < 4.78 is 1.93. The summed E-state index contributed by atoms with van der Waals surface area (Å²) in [5, 5.41) is 0.633. The molecular formula is C17H13ClN2. The van der Waals surface area contributed by atoms with Gasteiger partial charge in [0.1, 0.15) is 10.6 Å². The number of benzene rings is 2. The van der Waals surface area contributed by atoms with Crippen LogP contribution in [0.3, 0.4) is 0 Å². The van der Waals surface area contributed by atoms with Crippen molar-refractivity contribution >= 4 is 17.3 Å². The molecule has 2 nitrogen and oxygen atoms in total. The van der Waals surface area contributed by atoms with Crippen molar-refractivity contribution in [2.45, 2.75) is 0 Å². The second-order valence-corrected chi connectivity index (χ2v) is 4.71. The fraction of sp³-hybridized carbons (Fsp3) is 0. The van der Waals surface area contributed by atoms with Crippen LogP contribution in [0.5, 0.6) is 0 Å². The molecule has 0 radical (unpaired) electrons. The minimum absolute atomic E-state index is 0.633. The highest BCUT2D eigenvalue weighted by atomic mass is 35.5. The van der Waals surface area contributed by atoms with Crippen LogP contribution in [-0.2, 0) is 0 Å². The van der Waals surface area contributed by atoms with E-state index in [0.29, 0.717) is 5.15 Å². The predicted molar refractivity (Wildman–Crippen MR) is 82.4 cm³/mol. The number of para-hydroxylation sites is 2. The highest BCUT2D eigenvalue weighted by Gasteiger charge is 2.02. The molecule has 0 bridgehead atoms. The molecule has 98 valence electrons. The second kappa shape index (κ2) is 5.76. The zero-order chi connectivity index (χ0) is 13.8. The molecule has 0 unspecified atom stereocenters. The molecule has 0 saturated heterocycles. The Morgan fingerprint density at radius 3 is 2.05 bits per heavy atom. The first-order chi connectivity index (χ1) is 9.84. The van der Waals surface area contributed by atoms with Crippen LogP contribution < -0.4 is 5.49 Å². The summed E-state index contributed by atoms with van der Waals surface area (Å²) in [5.74, 6) is 0. The van der Waals surface area contributed by atoms with E-state index in [1.807, 2.05) is 83.4 Å². The number of hydrogen-bond acceptors (Lipinski definition) is 1. The van der Waals surface area contributed by atoms with Gasteiger partial charge in [0.15, 0.2) is 0 Å². The number of aromatic nitrogens is 1. The van der Waals surface area contributed by atoms with Gasteiger partial charge in [-0.15, -0.1) is 0 Å². The molecule has 0 saturated carbocycles. The second-order valence-electron chi connectivity index (χ2n) is 4.33. The van der Waals surface area contributed by atoms with E-state index in [2.05, 4.69) is 4.99 Å². The molecule has 1 heterocycles. The van der Waals surface area contributed by atoms with E-state index in [0.717, 1.165) is 16.9 Å². The van der Waals surface area contributed by atoms with E-state index in [1.54, 1.807) is 0 Å². The van der Waals surface area contributed by atoms with Gasteiger partial charge < -0.3 is 0 Å². The lowest BCUT2D eigenvalue weighted by Crippen LogP contribution is -2.18. The normalized spacial score (nSPS) is 11.6. The predicted octanol–water partition coefficient (Wildman–Crippen LogP) is 4.36. The van der Waals surface area contributed by atoms with Gasteiger partial charge in [-0.05, 0) is 36.4 Å². The standard InChI is InChI=1S/C17H13ClN2/c18-16-12-7-13-17(19-14-8-3-1-4-9-14)20(16)15-10-5-2-6-11-15/h1-13H. The number of rotatable bonds is 2. The Morgan fingerprint density at radius 2 is 1.35 bits per heavy atom. The van der Waals surface area contributed by atoms with Gasteiger partial charge in [-0.2, -0.15) is 0 Å². The quantitative estimate of drug-likeness (QED) is 0.621. The van der Waals surface area contributed by atoms with Crippen LogP contribution in [0.25, 0.3) is 5.69 Å². The molecule has 20 heavy (non-hydrogen) atoms. The molecule has 3 heteroatoms.